The number of aromatic nitrogens is 3. The van der Waals surface area contributed by atoms with Gasteiger partial charge in [0.15, 0.2) is 5.82 Å². The molecule has 1 aromatic rings. The molecule has 0 unspecified atom stereocenters. The van der Waals surface area contributed by atoms with Crippen LogP contribution in [0.5, 0.6) is 0 Å². The van der Waals surface area contributed by atoms with Crippen LogP contribution < -0.4 is 0 Å². The van der Waals surface area contributed by atoms with Crippen molar-refractivity contribution in [3.05, 3.63) is 23.8 Å². The second-order valence-corrected chi connectivity index (χ2v) is 6.82. The maximum Gasteiger partial charge on any atom is 0.154 e. The molecule has 0 N–H and O–H groups in total. The predicted octanol–water partition coefficient (Wildman–Crippen LogP) is 4.48. The Hall–Kier alpha value is -1.12. The molecule has 0 saturated heterocycles. The van der Waals surface area contributed by atoms with E-state index in [1.165, 1.54) is 63.6 Å². The minimum absolute atomic E-state index is 0.613. The van der Waals surface area contributed by atoms with E-state index < -0.39 is 0 Å². The van der Waals surface area contributed by atoms with E-state index in [9.17, 15) is 0 Å². The Kier molecular flexibility index (Phi) is 3.37. The highest BCUT2D eigenvalue weighted by molar-refractivity contribution is 5.12. The molecule has 4 rings (SSSR count). The van der Waals surface area contributed by atoms with Crippen molar-refractivity contribution in [3.8, 4) is 0 Å². The molecule has 108 valence electrons. The summed E-state index contributed by atoms with van der Waals surface area (Å²) in [5.74, 6) is 3.75. The number of nitrogens with zero attached hydrogens (tertiary/aromatic N) is 3. The van der Waals surface area contributed by atoms with E-state index in [2.05, 4.69) is 16.8 Å². The Bertz CT molecular complexity index is 492. The average Bonchev–Trinajstić information content (AvgIpc) is 3.28. The van der Waals surface area contributed by atoms with Crippen molar-refractivity contribution in [2.45, 2.75) is 82.1 Å². The van der Waals surface area contributed by atoms with Gasteiger partial charge in [0.25, 0.3) is 0 Å². The van der Waals surface area contributed by atoms with Crippen LogP contribution in [-0.2, 0) is 0 Å². The molecule has 3 heteroatoms. The Morgan fingerprint density at radius 1 is 0.900 bits per heavy atom. The van der Waals surface area contributed by atoms with Gasteiger partial charge in [0.05, 0.1) is 6.04 Å². The number of hydrogen-bond acceptors (Lipinski definition) is 2. The van der Waals surface area contributed by atoms with Crippen LogP contribution in [0, 0.1) is 0 Å². The average molecular weight is 271 g/mol. The fourth-order valence-corrected chi connectivity index (χ4v) is 3.77. The first kappa shape index (κ1) is 12.6. The van der Waals surface area contributed by atoms with Gasteiger partial charge in [-0.25, -0.2) is 9.67 Å². The highest BCUT2D eigenvalue weighted by Gasteiger charge is 2.32. The Labute approximate surface area is 121 Å². The van der Waals surface area contributed by atoms with Gasteiger partial charge in [-0.15, -0.1) is 0 Å². The Morgan fingerprint density at radius 3 is 2.45 bits per heavy atom. The normalized spacial score (nSPS) is 27.9. The minimum atomic E-state index is 0.613. The van der Waals surface area contributed by atoms with Crippen molar-refractivity contribution < 1.29 is 0 Å². The van der Waals surface area contributed by atoms with Crippen molar-refractivity contribution in [1.82, 2.24) is 14.8 Å². The summed E-state index contributed by atoms with van der Waals surface area (Å²) in [5, 5.41) is 4.95. The lowest BCUT2D eigenvalue weighted by atomic mass is 9.92. The van der Waals surface area contributed by atoms with E-state index in [1.807, 2.05) is 0 Å². The van der Waals surface area contributed by atoms with E-state index in [-0.39, 0.29) is 0 Å². The monoisotopic (exact) mass is 271 g/mol. The minimum Gasteiger partial charge on any atom is -0.246 e. The molecule has 0 amide bonds. The molecule has 0 spiro atoms. The standard InChI is InChI=1S/C17H25N3/c1-3-7-14(8-4-1)17-18-16(13-11-12-13)19-20(17)15-9-5-2-6-10-15/h1,3,13-15H,2,4-12H2/t14-/m0/s1. The molecular weight excluding hydrogens is 246 g/mol. The molecule has 0 aromatic carbocycles. The van der Waals surface area contributed by atoms with Crippen LogP contribution in [0.4, 0.5) is 0 Å². The van der Waals surface area contributed by atoms with Crippen molar-refractivity contribution in [1.29, 1.82) is 0 Å². The van der Waals surface area contributed by atoms with E-state index in [1.54, 1.807) is 0 Å². The molecule has 3 nitrogen and oxygen atoms in total. The van der Waals surface area contributed by atoms with Crippen molar-refractivity contribution in [2.75, 3.05) is 0 Å². The molecule has 0 radical (unpaired) electrons. The summed E-state index contributed by atoms with van der Waals surface area (Å²) in [6.07, 6.45) is 17.7. The molecule has 2 saturated carbocycles. The van der Waals surface area contributed by atoms with E-state index in [0.29, 0.717) is 17.9 Å². The van der Waals surface area contributed by atoms with Gasteiger partial charge >= 0.3 is 0 Å². The van der Waals surface area contributed by atoms with Gasteiger partial charge < -0.3 is 0 Å². The molecule has 2 fully saturated rings. The van der Waals surface area contributed by atoms with Crippen molar-refractivity contribution in [2.24, 2.45) is 0 Å². The summed E-state index contributed by atoms with van der Waals surface area (Å²) in [5.41, 5.74) is 0. The fraction of sp³-hybridized carbons (Fsp3) is 0.765. The van der Waals surface area contributed by atoms with Crippen LogP contribution in [0.25, 0.3) is 0 Å². The van der Waals surface area contributed by atoms with Crippen molar-refractivity contribution >= 4 is 0 Å². The molecule has 3 aliphatic carbocycles. The third-order valence-electron chi connectivity index (χ3n) is 5.17. The fourth-order valence-electron chi connectivity index (χ4n) is 3.77. The third-order valence-corrected chi connectivity index (χ3v) is 5.17. The van der Waals surface area contributed by atoms with Crippen LogP contribution in [-0.4, -0.2) is 14.8 Å². The molecule has 0 bridgehead atoms. The molecule has 1 atom stereocenters. The van der Waals surface area contributed by atoms with Crippen LogP contribution in [0.1, 0.15) is 93.7 Å². The zero-order valence-corrected chi connectivity index (χ0v) is 12.3. The lowest BCUT2D eigenvalue weighted by Crippen LogP contribution is -2.19. The smallest absolute Gasteiger partial charge is 0.154 e. The summed E-state index contributed by atoms with van der Waals surface area (Å²) in [6, 6.07) is 0.629. The summed E-state index contributed by atoms with van der Waals surface area (Å²) >= 11 is 0. The molecule has 1 aromatic heterocycles. The quantitative estimate of drug-likeness (QED) is 0.759. The van der Waals surface area contributed by atoms with Gasteiger partial charge in [-0.3, -0.25) is 0 Å². The predicted molar refractivity (Wildman–Crippen MR) is 79.9 cm³/mol. The highest BCUT2D eigenvalue weighted by atomic mass is 15.4. The Balaban J connectivity index is 1.65. The summed E-state index contributed by atoms with van der Waals surface area (Å²) in [4.78, 5) is 4.99. The van der Waals surface area contributed by atoms with E-state index in [4.69, 9.17) is 10.1 Å². The van der Waals surface area contributed by atoms with Gasteiger partial charge in [-0.1, -0.05) is 31.4 Å². The lowest BCUT2D eigenvalue weighted by molar-refractivity contribution is 0.312. The number of hydrogen-bond donors (Lipinski definition) is 0. The first-order valence-corrected chi connectivity index (χ1v) is 8.53. The molecule has 1 heterocycles. The topological polar surface area (TPSA) is 30.7 Å². The summed E-state index contributed by atoms with van der Waals surface area (Å²) < 4.78 is 2.36. The highest BCUT2D eigenvalue weighted by Crippen LogP contribution is 2.41. The van der Waals surface area contributed by atoms with E-state index in [0.717, 1.165) is 12.2 Å². The second kappa shape index (κ2) is 5.34. The summed E-state index contributed by atoms with van der Waals surface area (Å²) in [7, 11) is 0. The van der Waals surface area contributed by atoms with Crippen molar-refractivity contribution in [3.63, 3.8) is 0 Å². The van der Waals surface area contributed by atoms with Gasteiger partial charge in [-0.05, 0) is 44.9 Å². The first-order chi connectivity index (χ1) is 9.92. The van der Waals surface area contributed by atoms with Gasteiger partial charge in [0, 0.05) is 11.8 Å². The molecular formula is C17H25N3. The van der Waals surface area contributed by atoms with E-state index >= 15 is 0 Å². The largest absolute Gasteiger partial charge is 0.246 e. The maximum atomic E-state index is 4.99. The first-order valence-electron chi connectivity index (χ1n) is 8.53. The zero-order valence-electron chi connectivity index (χ0n) is 12.3. The van der Waals surface area contributed by atoms with Crippen LogP contribution in [0.15, 0.2) is 12.2 Å². The Morgan fingerprint density at radius 2 is 1.75 bits per heavy atom. The number of allylic oxidation sites excluding steroid dienone is 2. The molecule has 3 aliphatic rings. The lowest BCUT2D eigenvalue weighted by Gasteiger charge is -2.26. The maximum absolute atomic E-state index is 4.99. The van der Waals surface area contributed by atoms with Crippen LogP contribution in [0.3, 0.4) is 0 Å². The second-order valence-electron chi connectivity index (χ2n) is 6.82. The van der Waals surface area contributed by atoms with Gasteiger partial charge in [0.2, 0.25) is 0 Å². The third kappa shape index (κ3) is 2.43. The number of rotatable bonds is 3. The van der Waals surface area contributed by atoms with Crippen LogP contribution in [0.2, 0.25) is 0 Å². The SMILES string of the molecule is C1=CC[C@H](c2nc(C3CC3)nn2C2CCCCC2)CC1. The van der Waals surface area contributed by atoms with Gasteiger partial charge in [0.1, 0.15) is 5.82 Å². The molecule has 20 heavy (non-hydrogen) atoms. The van der Waals surface area contributed by atoms with Crippen LogP contribution >= 0.6 is 0 Å². The van der Waals surface area contributed by atoms with Gasteiger partial charge in [-0.2, -0.15) is 5.10 Å². The zero-order chi connectivity index (χ0) is 13.4. The summed E-state index contributed by atoms with van der Waals surface area (Å²) in [6.45, 7) is 0. The molecule has 0 aliphatic heterocycles.